The van der Waals surface area contributed by atoms with Crippen LogP contribution in [-0.2, 0) is 0 Å². The van der Waals surface area contributed by atoms with E-state index < -0.39 is 0 Å². The molecule has 0 spiro atoms. The zero-order chi connectivity index (χ0) is 41.5. The Kier molecular flexibility index (Phi) is 31.2. The molecule has 2 heteroatoms. The highest BCUT2D eigenvalue weighted by molar-refractivity contribution is 5.73. The van der Waals surface area contributed by atoms with Crippen molar-refractivity contribution < 1.29 is 0 Å². The molecule has 0 aliphatic rings. The second kappa shape index (κ2) is 36.7. The van der Waals surface area contributed by atoms with Gasteiger partial charge in [-0.05, 0) is 59.4 Å². The normalized spacial score (nSPS) is 11.7. The summed E-state index contributed by atoms with van der Waals surface area (Å²) in [5.74, 6) is 0. The van der Waals surface area contributed by atoms with Crippen LogP contribution in [0.2, 0.25) is 0 Å². The van der Waals surface area contributed by atoms with E-state index >= 15 is 0 Å². The monoisotopic (exact) mass is 803 g/mol. The number of nitrogens with zero attached hydrogens (tertiary/aromatic N) is 2. The van der Waals surface area contributed by atoms with Crippen LogP contribution in [0.1, 0.15) is 242 Å². The highest BCUT2D eigenvalue weighted by Crippen LogP contribution is 2.21. The molecule has 59 heavy (non-hydrogen) atoms. The molecule has 0 fully saturated rings. The van der Waals surface area contributed by atoms with Crippen LogP contribution in [0.5, 0.6) is 0 Å². The highest BCUT2D eigenvalue weighted by atomic mass is 15.1. The summed E-state index contributed by atoms with van der Waals surface area (Å²) in [7, 11) is 0. The first-order valence-corrected chi connectivity index (χ1v) is 25.5. The first kappa shape index (κ1) is 50.2. The quantitative estimate of drug-likeness (QED) is 0.0422. The summed E-state index contributed by atoms with van der Waals surface area (Å²) in [5, 5.41) is 0. The zero-order valence-electron chi connectivity index (χ0n) is 38.7. The Morgan fingerprint density at radius 3 is 0.831 bits per heavy atom. The molecular formula is C57H90N2. The minimum atomic E-state index is 1.17. The number of rotatable bonds is 39. The van der Waals surface area contributed by atoms with Gasteiger partial charge in [0.1, 0.15) is 0 Å². The third-order valence-corrected chi connectivity index (χ3v) is 12.4. The molecule has 0 aliphatic heterocycles. The Labute approximate surface area is 366 Å². The second-order valence-corrected chi connectivity index (χ2v) is 17.8. The van der Waals surface area contributed by atoms with Crippen LogP contribution in [-0.4, -0.2) is 18.1 Å². The van der Waals surface area contributed by atoms with Crippen LogP contribution in [0, 0.1) is 0 Å². The van der Waals surface area contributed by atoms with Gasteiger partial charge in [0.2, 0.25) is 0 Å². The van der Waals surface area contributed by atoms with E-state index in [0.29, 0.717) is 0 Å². The third-order valence-electron chi connectivity index (χ3n) is 12.4. The van der Waals surface area contributed by atoms with Crippen molar-refractivity contribution in [3.05, 3.63) is 95.3 Å². The van der Waals surface area contributed by atoms with Crippen molar-refractivity contribution in [3.8, 4) is 0 Å². The van der Waals surface area contributed by atoms with Crippen LogP contribution in [0.25, 0.3) is 24.3 Å². The summed E-state index contributed by atoms with van der Waals surface area (Å²) in [6, 6.07) is 22.2. The molecule has 3 aromatic rings. The Balaban J connectivity index is 1.34. The van der Waals surface area contributed by atoms with Gasteiger partial charge in [-0.1, -0.05) is 267 Å². The molecule has 1 heterocycles. The van der Waals surface area contributed by atoms with Crippen LogP contribution in [0.15, 0.2) is 73.1 Å². The lowest BCUT2D eigenvalue weighted by atomic mass is 10.0. The van der Waals surface area contributed by atoms with Crippen LogP contribution >= 0.6 is 0 Å². The molecule has 0 atom stereocenters. The minimum absolute atomic E-state index is 1.17. The van der Waals surface area contributed by atoms with E-state index in [4.69, 9.17) is 0 Å². The topological polar surface area (TPSA) is 16.1 Å². The van der Waals surface area contributed by atoms with Crippen molar-refractivity contribution in [2.45, 2.75) is 219 Å². The maximum atomic E-state index is 4.11. The zero-order valence-corrected chi connectivity index (χ0v) is 38.7. The predicted molar refractivity (Wildman–Crippen MR) is 266 cm³/mol. The maximum Gasteiger partial charge on any atom is 0.0366 e. The second-order valence-electron chi connectivity index (χ2n) is 17.8. The molecular weight excluding hydrogens is 713 g/mol. The van der Waals surface area contributed by atoms with E-state index in [1.54, 1.807) is 0 Å². The van der Waals surface area contributed by atoms with Crippen molar-refractivity contribution >= 4 is 30.0 Å². The number of pyridine rings is 1. The van der Waals surface area contributed by atoms with Gasteiger partial charge in [0.25, 0.3) is 0 Å². The fourth-order valence-corrected chi connectivity index (χ4v) is 8.45. The minimum Gasteiger partial charge on any atom is -0.372 e. The first-order chi connectivity index (χ1) is 29.3. The number of aromatic nitrogens is 1. The molecule has 0 N–H and O–H groups in total. The number of hydrogen-bond donors (Lipinski definition) is 0. The lowest BCUT2D eigenvalue weighted by Crippen LogP contribution is -2.25. The first-order valence-electron chi connectivity index (χ1n) is 25.5. The van der Waals surface area contributed by atoms with Gasteiger partial charge in [0, 0.05) is 31.2 Å². The predicted octanol–water partition coefficient (Wildman–Crippen LogP) is 18.8. The fraction of sp³-hybridized carbons (Fsp3) is 0.632. The molecule has 0 aliphatic carbocycles. The van der Waals surface area contributed by atoms with Crippen LogP contribution in [0.4, 0.5) is 5.69 Å². The molecule has 3 rings (SSSR count). The number of anilines is 1. The molecule has 0 bridgehead atoms. The Morgan fingerprint density at radius 1 is 0.305 bits per heavy atom. The van der Waals surface area contributed by atoms with Gasteiger partial charge in [0.05, 0.1) is 0 Å². The van der Waals surface area contributed by atoms with Gasteiger partial charge in [0.15, 0.2) is 0 Å². The average molecular weight is 803 g/mol. The summed E-state index contributed by atoms with van der Waals surface area (Å²) in [6.45, 7) is 7.00. The lowest BCUT2D eigenvalue weighted by molar-refractivity contribution is 0.524. The molecule has 0 radical (unpaired) electrons. The fourth-order valence-electron chi connectivity index (χ4n) is 8.45. The summed E-state index contributed by atoms with van der Waals surface area (Å²) >= 11 is 0. The molecule has 2 nitrogen and oxygen atoms in total. The molecule has 0 unspecified atom stereocenters. The summed E-state index contributed by atoms with van der Waals surface area (Å²) in [4.78, 5) is 6.80. The van der Waals surface area contributed by atoms with Crippen molar-refractivity contribution in [3.63, 3.8) is 0 Å². The largest absolute Gasteiger partial charge is 0.372 e. The van der Waals surface area contributed by atoms with E-state index in [9.17, 15) is 0 Å². The van der Waals surface area contributed by atoms with Crippen molar-refractivity contribution in [2.75, 3.05) is 18.0 Å². The molecule has 0 saturated carbocycles. The SMILES string of the molecule is CCCCCCCCCCCCCCCCCCN(CCCCCCCCCCCCCCCCCC)c1ccc(C=Cc2ccc(C=Cc3ccncc3)cc2)cc1. The van der Waals surface area contributed by atoms with Crippen LogP contribution < -0.4 is 4.90 Å². The standard InChI is InChI=1S/C57H90N2/c1-3-5-7-9-11-13-15-17-19-21-23-25-27-29-31-33-51-59(52-34-32-30-28-26-24-22-20-18-16-14-12-10-8-6-4-2)57-45-43-55(44-46-57)40-39-53-35-37-54(38-36-53)41-42-56-47-49-58-50-48-56/h35-50H,3-34,51-52H2,1-2H3. The third kappa shape index (κ3) is 27.4. The van der Waals surface area contributed by atoms with E-state index in [0.717, 1.165) is 0 Å². The lowest BCUT2D eigenvalue weighted by Gasteiger charge is -2.25. The van der Waals surface area contributed by atoms with E-state index in [1.165, 1.54) is 246 Å². The average Bonchev–Trinajstić information content (AvgIpc) is 3.27. The Bertz CT molecular complexity index is 1350. The summed E-state index contributed by atoms with van der Waals surface area (Å²) in [5.41, 5.74) is 6.26. The number of hydrogen-bond acceptors (Lipinski definition) is 2. The van der Waals surface area contributed by atoms with E-state index in [2.05, 4.69) is 96.6 Å². The van der Waals surface area contributed by atoms with Gasteiger partial charge in [-0.25, -0.2) is 0 Å². The van der Waals surface area contributed by atoms with Gasteiger partial charge in [-0.3, -0.25) is 4.98 Å². The van der Waals surface area contributed by atoms with E-state index in [-0.39, 0.29) is 0 Å². The smallest absolute Gasteiger partial charge is 0.0366 e. The molecule has 0 amide bonds. The molecule has 328 valence electrons. The summed E-state index contributed by atoms with van der Waals surface area (Å²) in [6.07, 6.45) is 58.1. The maximum absolute atomic E-state index is 4.11. The Morgan fingerprint density at radius 2 is 0.542 bits per heavy atom. The van der Waals surface area contributed by atoms with Crippen molar-refractivity contribution in [1.29, 1.82) is 0 Å². The van der Waals surface area contributed by atoms with Gasteiger partial charge < -0.3 is 4.90 Å². The molecule has 2 aromatic carbocycles. The Hall–Kier alpha value is -3.13. The van der Waals surface area contributed by atoms with Crippen molar-refractivity contribution in [1.82, 2.24) is 4.98 Å². The van der Waals surface area contributed by atoms with Crippen LogP contribution in [0.3, 0.4) is 0 Å². The van der Waals surface area contributed by atoms with Gasteiger partial charge >= 0.3 is 0 Å². The molecule has 0 saturated heterocycles. The van der Waals surface area contributed by atoms with Gasteiger partial charge in [-0.15, -0.1) is 0 Å². The number of benzene rings is 2. The van der Waals surface area contributed by atoms with Crippen molar-refractivity contribution in [2.24, 2.45) is 0 Å². The molecule has 1 aromatic heterocycles. The highest BCUT2D eigenvalue weighted by Gasteiger charge is 2.07. The number of unbranched alkanes of at least 4 members (excludes halogenated alkanes) is 30. The van der Waals surface area contributed by atoms with E-state index in [1.807, 2.05) is 24.5 Å². The van der Waals surface area contributed by atoms with Gasteiger partial charge in [-0.2, -0.15) is 0 Å². The summed E-state index contributed by atoms with van der Waals surface area (Å²) < 4.78 is 0.